The highest BCUT2D eigenvalue weighted by Gasteiger charge is 2.33. The van der Waals surface area contributed by atoms with E-state index in [1.165, 1.54) is 45.2 Å². The highest BCUT2D eigenvalue weighted by molar-refractivity contribution is 4.86. The molecule has 0 heterocycles. The lowest BCUT2D eigenvalue weighted by molar-refractivity contribution is 0.0328. The molecule has 0 aliphatic heterocycles. The molecule has 1 aliphatic carbocycles. The van der Waals surface area contributed by atoms with Crippen LogP contribution in [-0.4, -0.2) is 36.2 Å². The summed E-state index contributed by atoms with van der Waals surface area (Å²) in [5, 5.41) is 9.83. The molecule has 108 valence electrons. The standard InChI is InChI=1S/C16H33NO/c1-14(2)10-17(11-15(3)4)12-16(13-18)8-6-5-7-9-16/h14-15,18H,5-13H2,1-4H3. The molecule has 0 bridgehead atoms. The molecule has 1 fully saturated rings. The molecule has 0 atom stereocenters. The second-order valence-electron chi connectivity index (χ2n) is 7.20. The number of nitrogens with zero attached hydrogens (tertiary/aromatic N) is 1. The van der Waals surface area contributed by atoms with E-state index in [9.17, 15) is 5.11 Å². The van der Waals surface area contributed by atoms with Crippen LogP contribution in [0.5, 0.6) is 0 Å². The van der Waals surface area contributed by atoms with Crippen LogP contribution in [0.3, 0.4) is 0 Å². The lowest BCUT2D eigenvalue weighted by atomic mass is 9.74. The fourth-order valence-electron chi connectivity index (χ4n) is 3.38. The van der Waals surface area contributed by atoms with Crippen molar-refractivity contribution in [1.82, 2.24) is 4.90 Å². The van der Waals surface area contributed by atoms with E-state index in [-0.39, 0.29) is 5.41 Å². The highest BCUT2D eigenvalue weighted by atomic mass is 16.3. The van der Waals surface area contributed by atoms with Crippen molar-refractivity contribution in [1.29, 1.82) is 0 Å². The Morgan fingerprint density at radius 1 is 0.944 bits per heavy atom. The Labute approximate surface area is 114 Å². The van der Waals surface area contributed by atoms with Crippen molar-refractivity contribution in [2.24, 2.45) is 17.3 Å². The first-order chi connectivity index (χ1) is 8.47. The Morgan fingerprint density at radius 2 is 1.44 bits per heavy atom. The zero-order valence-corrected chi connectivity index (χ0v) is 12.9. The fraction of sp³-hybridized carbons (Fsp3) is 1.00. The molecule has 18 heavy (non-hydrogen) atoms. The largest absolute Gasteiger partial charge is 0.396 e. The van der Waals surface area contributed by atoms with E-state index in [1.54, 1.807) is 0 Å². The molecule has 0 aromatic heterocycles. The van der Waals surface area contributed by atoms with Gasteiger partial charge in [-0.3, -0.25) is 0 Å². The number of aliphatic hydroxyl groups excluding tert-OH is 1. The summed E-state index contributed by atoms with van der Waals surface area (Å²) in [6.45, 7) is 13.0. The molecule has 0 saturated heterocycles. The molecule has 1 aliphatic rings. The summed E-state index contributed by atoms with van der Waals surface area (Å²) in [5.74, 6) is 1.42. The molecule has 1 saturated carbocycles. The molecular weight excluding hydrogens is 222 g/mol. The molecule has 0 unspecified atom stereocenters. The van der Waals surface area contributed by atoms with Gasteiger partial charge in [0, 0.05) is 31.7 Å². The lowest BCUT2D eigenvalue weighted by Crippen LogP contribution is -2.44. The predicted molar refractivity (Wildman–Crippen MR) is 78.7 cm³/mol. The summed E-state index contributed by atoms with van der Waals surface area (Å²) < 4.78 is 0. The molecular formula is C16H33NO. The SMILES string of the molecule is CC(C)CN(CC(C)C)CC1(CO)CCCCC1. The van der Waals surface area contributed by atoms with E-state index in [2.05, 4.69) is 32.6 Å². The van der Waals surface area contributed by atoms with Crippen LogP contribution < -0.4 is 0 Å². The molecule has 0 spiro atoms. The molecule has 0 radical (unpaired) electrons. The number of rotatable bonds is 7. The Kier molecular flexibility index (Phi) is 6.65. The Morgan fingerprint density at radius 3 is 1.83 bits per heavy atom. The third kappa shape index (κ3) is 5.27. The fourth-order valence-corrected chi connectivity index (χ4v) is 3.38. The van der Waals surface area contributed by atoms with Crippen LogP contribution in [0, 0.1) is 17.3 Å². The number of aliphatic hydroxyl groups is 1. The van der Waals surface area contributed by atoms with Crippen LogP contribution in [0.25, 0.3) is 0 Å². The van der Waals surface area contributed by atoms with Gasteiger partial charge in [0.25, 0.3) is 0 Å². The smallest absolute Gasteiger partial charge is 0.0499 e. The maximum absolute atomic E-state index is 9.83. The van der Waals surface area contributed by atoms with E-state index < -0.39 is 0 Å². The van der Waals surface area contributed by atoms with Crippen molar-refractivity contribution in [2.75, 3.05) is 26.2 Å². The molecule has 0 aromatic carbocycles. The van der Waals surface area contributed by atoms with Crippen LogP contribution in [-0.2, 0) is 0 Å². The Balaban J connectivity index is 2.60. The first-order valence-electron chi connectivity index (χ1n) is 7.81. The number of hydrogen-bond acceptors (Lipinski definition) is 2. The highest BCUT2D eigenvalue weighted by Crippen LogP contribution is 2.36. The summed E-state index contributed by atoms with van der Waals surface area (Å²) in [5.41, 5.74) is 0.196. The van der Waals surface area contributed by atoms with E-state index in [4.69, 9.17) is 0 Å². The maximum atomic E-state index is 9.83. The van der Waals surface area contributed by atoms with Crippen LogP contribution in [0.4, 0.5) is 0 Å². The molecule has 1 rings (SSSR count). The second kappa shape index (κ2) is 7.49. The second-order valence-corrected chi connectivity index (χ2v) is 7.20. The molecule has 2 nitrogen and oxygen atoms in total. The van der Waals surface area contributed by atoms with Gasteiger partial charge in [-0.15, -0.1) is 0 Å². The topological polar surface area (TPSA) is 23.5 Å². The van der Waals surface area contributed by atoms with Crippen LogP contribution >= 0.6 is 0 Å². The third-order valence-corrected chi connectivity index (χ3v) is 4.06. The van der Waals surface area contributed by atoms with Gasteiger partial charge in [-0.25, -0.2) is 0 Å². The van der Waals surface area contributed by atoms with Crippen molar-refractivity contribution in [3.63, 3.8) is 0 Å². The summed E-state index contributed by atoms with van der Waals surface area (Å²) in [7, 11) is 0. The van der Waals surface area contributed by atoms with E-state index in [0.717, 1.165) is 6.54 Å². The van der Waals surface area contributed by atoms with Crippen molar-refractivity contribution in [3.8, 4) is 0 Å². The van der Waals surface area contributed by atoms with Crippen LogP contribution in [0.1, 0.15) is 59.8 Å². The first kappa shape index (κ1) is 16.0. The normalized spacial score (nSPS) is 20.0. The minimum atomic E-state index is 0.196. The van der Waals surface area contributed by atoms with Crippen molar-refractivity contribution in [3.05, 3.63) is 0 Å². The summed E-state index contributed by atoms with van der Waals surface area (Å²) in [6, 6.07) is 0. The zero-order chi connectivity index (χ0) is 13.6. The summed E-state index contributed by atoms with van der Waals surface area (Å²) in [4.78, 5) is 2.59. The Hall–Kier alpha value is -0.0800. The van der Waals surface area contributed by atoms with Gasteiger partial charge in [0.1, 0.15) is 0 Å². The average Bonchev–Trinajstić information content (AvgIpc) is 2.28. The van der Waals surface area contributed by atoms with Gasteiger partial charge in [-0.2, -0.15) is 0 Å². The third-order valence-electron chi connectivity index (χ3n) is 4.06. The minimum absolute atomic E-state index is 0.196. The van der Waals surface area contributed by atoms with Gasteiger partial charge in [0.05, 0.1) is 0 Å². The quantitative estimate of drug-likeness (QED) is 0.752. The molecule has 0 aromatic rings. The monoisotopic (exact) mass is 255 g/mol. The van der Waals surface area contributed by atoms with Crippen LogP contribution in [0.2, 0.25) is 0 Å². The van der Waals surface area contributed by atoms with Crippen molar-refractivity contribution in [2.45, 2.75) is 59.8 Å². The lowest BCUT2D eigenvalue weighted by Gasteiger charge is -2.41. The molecule has 1 N–H and O–H groups in total. The van der Waals surface area contributed by atoms with Gasteiger partial charge < -0.3 is 10.0 Å². The van der Waals surface area contributed by atoms with Gasteiger partial charge in [-0.05, 0) is 24.7 Å². The van der Waals surface area contributed by atoms with E-state index in [0.29, 0.717) is 18.4 Å². The Bertz CT molecular complexity index is 209. The summed E-state index contributed by atoms with van der Waals surface area (Å²) in [6.07, 6.45) is 6.40. The molecule has 0 amide bonds. The van der Waals surface area contributed by atoms with E-state index >= 15 is 0 Å². The number of hydrogen-bond donors (Lipinski definition) is 1. The van der Waals surface area contributed by atoms with Gasteiger partial charge in [-0.1, -0.05) is 47.0 Å². The average molecular weight is 255 g/mol. The zero-order valence-electron chi connectivity index (χ0n) is 12.9. The summed E-state index contributed by atoms with van der Waals surface area (Å²) >= 11 is 0. The molecule has 2 heteroatoms. The van der Waals surface area contributed by atoms with Gasteiger partial charge in [0.2, 0.25) is 0 Å². The maximum Gasteiger partial charge on any atom is 0.0499 e. The predicted octanol–water partition coefficient (Wildman–Crippen LogP) is 3.54. The van der Waals surface area contributed by atoms with Crippen molar-refractivity contribution >= 4 is 0 Å². The van der Waals surface area contributed by atoms with Crippen LogP contribution in [0.15, 0.2) is 0 Å². The van der Waals surface area contributed by atoms with E-state index in [1.807, 2.05) is 0 Å². The van der Waals surface area contributed by atoms with Crippen molar-refractivity contribution < 1.29 is 5.11 Å². The van der Waals surface area contributed by atoms with Gasteiger partial charge >= 0.3 is 0 Å². The first-order valence-corrected chi connectivity index (χ1v) is 7.81. The van der Waals surface area contributed by atoms with Gasteiger partial charge in [0.15, 0.2) is 0 Å². The minimum Gasteiger partial charge on any atom is -0.396 e.